The summed E-state index contributed by atoms with van der Waals surface area (Å²) in [6.07, 6.45) is 0. The molecule has 0 amide bonds. The molecule has 1 heterocycles. The molecule has 204 valence electrons. The highest BCUT2D eigenvalue weighted by molar-refractivity contribution is 6.26. The van der Waals surface area contributed by atoms with Gasteiger partial charge in [0.15, 0.2) is 0 Å². The number of rotatable bonds is 3. The van der Waals surface area contributed by atoms with Crippen molar-refractivity contribution in [1.29, 1.82) is 0 Å². The Morgan fingerprint density at radius 1 is 0.318 bits per heavy atom. The zero-order chi connectivity index (χ0) is 29.0. The molecule has 44 heavy (non-hydrogen) atoms. The van der Waals surface area contributed by atoms with Gasteiger partial charge in [-0.1, -0.05) is 140 Å². The third-order valence-corrected chi connectivity index (χ3v) is 8.82. The Bertz CT molecular complexity index is 2530. The molecule has 0 atom stereocenters. The predicted molar refractivity (Wildman–Crippen MR) is 186 cm³/mol. The maximum atomic E-state index is 5.28. The summed E-state index contributed by atoms with van der Waals surface area (Å²) in [6, 6.07) is 56.1. The van der Waals surface area contributed by atoms with Crippen LogP contribution in [0.25, 0.3) is 87.8 Å². The monoisotopic (exact) mass is 558 g/mol. The first kappa shape index (κ1) is 24.7. The van der Waals surface area contributed by atoms with E-state index in [4.69, 9.17) is 9.97 Å². The highest BCUT2D eigenvalue weighted by Gasteiger charge is 2.16. The second-order valence-electron chi connectivity index (χ2n) is 11.4. The Labute approximate surface area is 254 Å². The molecule has 0 fully saturated rings. The predicted octanol–water partition coefficient (Wildman–Crippen LogP) is 11.2. The number of benzene rings is 8. The molecule has 2 heteroatoms. The Balaban J connectivity index is 1.34. The van der Waals surface area contributed by atoms with Gasteiger partial charge in [-0.2, -0.15) is 0 Å². The second kappa shape index (κ2) is 9.86. The fourth-order valence-corrected chi connectivity index (χ4v) is 6.74. The van der Waals surface area contributed by atoms with Crippen LogP contribution in [0.15, 0.2) is 158 Å². The lowest BCUT2D eigenvalue weighted by molar-refractivity contribution is 1.29. The Hall–Kier alpha value is -5.86. The van der Waals surface area contributed by atoms with E-state index in [1.165, 1.54) is 48.7 Å². The van der Waals surface area contributed by atoms with Crippen LogP contribution in [0, 0.1) is 0 Å². The van der Waals surface area contributed by atoms with Crippen LogP contribution in [0.1, 0.15) is 0 Å². The SMILES string of the molecule is c1ccc(-c2nc3ccc(-c4cc5c(ccc6ccc7ccccc7c65)c5ccccc45)cc3nc2-c2ccccc2)cc1. The van der Waals surface area contributed by atoms with E-state index in [0.29, 0.717) is 0 Å². The van der Waals surface area contributed by atoms with Crippen LogP contribution in [0.4, 0.5) is 0 Å². The van der Waals surface area contributed by atoms with Gasteiger partial charge in [-0.05, 0) is 72.4 Å². The smallest absolute Gasteiger partial charge is 0.0973 e. The average molecular weight is 559 g/mol. The van der Waals surface area contributed by atoms with Crippen molar-refractivity contribution in [2.75, 3.05) is 0 Å². The van der Waals surface area contributed by atoms with Crippen LogP contribution >= 0.6 is 0 Å². The van der Waals surface area contributed by atoms with Gasteiger partial charge in [-0.15, -0.1) is 0 Å². The van der Waals surface area contributed by atoms with Crippen LogP contribution in [0.5, 0.6) is 0 Å². The highest BCUT2D eigenvalue weighted by atomic mass is 14.8. The van der Waals surface area contributed by atoms with Gasteiger partial charge < -0.3 is 0 Å². The number of hydrogen-bond donors (Lipinski definition) is 0. The second-order valence-corrected chi connectivity index (χ2v) is 11.4. The zero-order valence-corrected chi connectivity index (χ0v) is 23.9. The molecule has 0 saturated heterocycles. The summed E-state index contributed by atoms with van der Waals surface area (Å²) < 4.78 is 0. The summed E-state index contributed by atoms with van der Waals surface area (Å²) in [7, 11) is 0. The Kier molecular flexibility index (Phi) is 5.54. The summed E-state index contributed by atoms with van der Waals surface area (Å²) in [4.78, 5) is 10.5. The molecular formula is C42H26N2. The Morgan fingerprint density at radius 2 is 0.886 bits per heavy atom. The van der Waals surface area contributed by atoms with Crippen molar-refractivity contribution >= 4 is 54.1 Å². The van der Waals surface area contributed by atoms with Gasteiger partial charge in [0.2, 0.25) is 0 Å². The lowest BCUT2D eigenvalue weighted by Gasteiger charge is -2.15. The van der Waals surface area contributed by atoms with Crippen molar-refractivity contribution in [2.45, 2.75) is 0 Å². The standard InChI is InChI=1S/C42H26N2/c1-3-12-29(13-4-1)41-42(30-14-5-2-6-15-30)44-39-25-31(22-24-38(39)43-41)36-26-37-35(33-17-9-10-18-34(33)36)23-21-28-20-19-27-11-7-8-16-32(27)40(28)37/h1-26H. The lowest BCUT2D eigenvalue weighted by atomic mass is 9.89. The minimum atomic E-state index is 0.883. The molecule has 0 aliphatic carbocycles. The van der Waals surface area contributed by atoms with E-state index >= 15 is 0 Å². The molecule has 8 aromatic carbocycles. The van der Waals surface area contributed by atoms with Crippen molar-refractivity contribution in [2.24, 2.45) is 0 Å². The number of hydrogen-bond acceptors (Lipinski definition) is 2. The molecule has 2 nitrogen and oxygen atoms in total. The fourth-order valence-electron chi connectivity index (χ4n) is 6.74. The van der Waals surface area contributed by atoms with Crippen LogP contribution < -0.4 is 0 Å². The summed E-state index contributed by atoms with van der Waals surface area (Å²) in [5.74, 6) is 0. The van der Waals surface area contributed by atoms with Crippen molar-refractivity contribution < 1.29 is 0 Å². The van der Waals surface area contributed by atoms with E-state index in [1.807, 2.05) is 12.1 Å². The van der Waals surface area contributed by atoms with Gasteiger partial charge in [-0.25, -0.2) is 9.97 Å². The lowest BCUT2D eigenvalue weighted by Crippen LogP contribution is -1.96. The summed E-state index contributed by atoms with van der Waals surface area (Å²) in [5, 5.41) is 10.1. The van der Waals surface area contributed by atoms with Crippen LogP contribution in [-0.2, 0) is 0 Å². The summed E-state index contributed by atoms with van der Waals surface area (Å²) in [6.45, 7) is 0. The first-order chi connectivity index (χ1) is 21.8. The molecule has 0 aliphatic heterocycles. The van der Waals surface area contributed by atoms with Gasteiger partial charge in [0, 0.05) is 11.1 Å². The quantitative estimate of drug-likeness (QED) is 0.202. The topological polar surface area (TPSA) is 25.8 Å². The minimum absolute atomic E-state index is 0.883. The molecule has 9 rings (SSSR count). The molecule has 0 saturated carbocycles. The third kappa shape index (κ3) is 3.89. The molecule has 0 bridgehead atoms. The summed E-state index contributed by atoms with van der Waals surface area (Å²) in [5.41, 5.74) is 8.00. The molecular weight excluding hydrogens is 532 g/mol. The first-order valence-corrected chi connectivity index (χ1v) is 15.0. The molecule has 0 unspecified atom stereocenters. The average Bonchev–Trinajstić information content (AvgIpc) is 3.11. The summed E-state index contributed by atoms with van der Waals surface area (Å²) >= 11 is 0. The van der Waals surface area contributed by atoms with Gasteiger partial charge in [0.05, 0.1) is 22.4 Å². The maximum Gasteiger partial charge on any atom is 0.0973 e. The molecule has 0 N–H and O–H groups in total. The van der Waals surface area contributed by atoms with Gasteiger partial charge in [-0.3, -0.25) is 0 Å². The van der Waals surface area contributed by atoms with Crippen LogP contribution in [0.3, 0.4) is 0 Å². The van der Waals surface area contributed by atoms with Crippen molar-refractivity contribution in [3.63, 3.8) is 0 Å². The van der Waals surface area contributed by atoms with E-state index in [9.17, 15) is 0 Å². The molecule has 0 aliphatic rings. The van der Waals surface area contributed by atoms with Crippen molar-refractivity contribution in [3.05, 3.63) is 158 Å². The molecule has 0 spiro atoms. The normalized spacial score (nSPS) is 11.6. The van der Waals surface area contributed by atoms with Crippen molar-refractivity contribution in [3.8, 4) is 33.6 Å². The molecule has 9 aromatic rings. The minimum Gasteiger partial charge on any atom is -0.244 e. The number of aromatic nitrogens is 2. The van der Waals surface area contributed by atoms with Crippen LogP contribution in [0.2, 0.25) is 0 Å². The number of fused-ring (bicyclic) bond motifs is 8. The van der Waals surface area contributed by atoms with E-state index in [-0.39, 0.29) is 0 Å². The largest absolute Gasteiger partial charge is 0.244 e. The van der Waals surface area contributed by atoms with Crippen molar-refractivity contribution in [1.82, 2.24) is 9.97 Å². The third-order valence-electron chi connectivity index (χ3n) is 8.82. The number of nitrogens with zero attached hydrogens (tertiary/aromatic N) is 2. The van der Waals surface area contributed by atoms with Gasteiger partial charge in [0.25, 0.3) is 0 Å². The van der Waals surface area contributed by atoms with Crippen LogP contribution in [-0.4, -0.2) is 9.97 Å². The zero-order valence-electron chi connectivity index (χ0n) is 23.9. The first-order valence-electron chi connectivity index (χ1n) is 15.0. The van der Waals surface area contributed by atoms with Gasteiger partial charge in [0.1, 0.15) is 0 Å². The van der Waals surface area contributed by atoms with E-state index < -0.39 is 0 Å². The van der Waals surface area contributed by atoms with E-state index in [0.717, 1.165) is 39.1 Å². The Morgan fingerprint density at radius 3 is 1.64 bits per heavy atom. The molecule has 0 radical (unpaired) electrons. The van der Waals surface area contributed by atoms with Gasteiger partial charge >= 0.3 is 0 Å². The van der Waals surface area contributed by atoms with E-state index in [2.05, 4.69) is 146 Å². The highest BCUT2D eigenvalue weighted by Crippen LogP contribution is 2.41. The van der Waals surface area contributed by atoms with E-state index in [1.54, 1.807) is 0 Å². The maximum absolute atomic E-state index is 5.28. The fraction of sp³-hybridized carbons (Fsp3) is 0. The molecule has 1 aromatic heterocycles.